The molecule has 1 aromatic carbocycles. The number of ether oxygens (including phenoxy) is 1. The molecule has 0 aliphatic rings. The van der Waals surface area contributed by atoms with Crippen LogP contribution in [-0.4, -0.2) is 28.6 Å². The molecular formula is C13H16BrN3O2. The average Bonchev–Trinajstić information content (AvgIpc) is 2.86. The fourth-order valence-corrected chi connectivity index (χ4v) is 2.07. The standard InChI is InChI=1S/C13H16BrN3O2/c1-19-11-2-3-12(14)13(6-11)15-7-10-8-16-17(9-10)4-5-18/h2-3,6,8-9,15,18H,4-5,7H2,1H3. The van der Waals surface area contributed by atoms with Crippen molar-refractivity contribution in [2.75, 3.05) is 19.0 Å². The van der Waals surface area contributed by atoms with Gasteiger partial charge in [0.25, 0.3) is 0 Å². The number of nitrogens with zero attached hydrogens (tertiary/aromatic N) is 2. The van der Waals surface area contributed by atoms with Gasteiger partial charge in [0.05, 0.1) is 32.1 Å². The lowest BCUT2D eigenvalue weighted by Gasteiger charge is -2.09. The fraction of sp³-hybridized carbons (Fsp3) is 0.308. The number of aliphatic hydroxyl groups is 1. The Balaban J connectivity index is 2.01. The number of aromatic nitrogens is 2. The lowest BCUT2D eigenvalue weighted by Crippen LogP contribution is -2.02. The summed E-state index contributed by atoms with van der Waals surface area (Å²) in [6.07, 6.45) is 3.70. The Labute approximate surface area is 120 Å². The normalized spacial score (nSPS) is 10.5. The predicted octanol–water partition coefficient (Wildman–Crippen LogP) is 2.26. The van der Waals surface area contributed by atoms with Gasteiger partial charge in [-0.3, -0.25) is 4.68 Å². The highest BCUT2D eigenvalue weighted by molar-refractivity contribution is 9.10. The second-order valence-electron chi connectivity index (χ2n) is 4.03. The van der Waals surface area contributed by atoms with E-state index in [0.29, 0.717) is 13.1 Å². The lowest BCUT2D eigenvalue weighted by atomic mass is 10.3. The molecule has 102 valence electrons. The van der Waals surface area contributed by atoms with E-state index in [2.05, 4.69) is 26.3 Å². The molecule has 0 spiro atoms. The van der Waals surface area contributed by atoms with Crippen LogP contribution in [0.3, 0.4) is 0 Å². The lowest BCUT2D eigenvalue weighted by molar-refractivity contribution is 0.269. The van der Waals surface area contributed by atoms with Crippen molar-refractivity contribution in [2.24, 2.45) is 0 Å². The molecule has 1 aromatic heterocycles. The summed E-state index contributed by atoms with van der Waals surface area (Å²) in [4.78, 5) is 0. The smallest absolute Gasteiger partial charge is 0.121 e. The van der Waals surface area contributed by atoms with Crippen molar-refractivity contribution in [1.82, 2.24) is 9.78 Å². The molecule has 0 saturated carbocycles. The summed E-state index contributed by atoms with van der Waals surface area (Å²) in [6, 6.07) is 5.77. The van der Waals surface area contributed by atoms with Crippen LogP contribution in [0.5, 0.6) is 5.75 Å². The summed E-state index contributed by atoms with van der Waals surface area (Å²) in [5.74, 6) is 0.807. The molecule has 0 unspecified atom stereocenters. The topological polar surface area (TPSA) is 59.3 Å². The van der Waals surface area contributed by atoms with Crippen molar-refractivity contribution >= 4 is 21.6 Å². The van der Waals surface area contributed by atoms with E-state index in [1.54, 1.807) is 18.0 Å². The summed E-state index contributed by atoms with van der Waals surface area (Å²) >= 11 is 3.49. The quantitative estimate of drug-likeness (QED) is 0.855. The number of nitrogens with one attached hydrogen (secondary N) is 1. The molecule has 0 atom stereocenters. The Morgan fingerprint density at radius 3 is 3.05 bits per heavy atom. The Kier molecular flexibility index (Phi) is 4.81. The fourth-order valence-electron chi connectivity index (χ4n) is 1.69. The third-order valence-corrected chi connectivity index (χ3v) is 3.36. The number of hydrogen-bond donors (Lipinski definition) is 2. The van der Waals surface area contributed by atoms with Gasteiger partial charge in [-0.25, -0.2) is 0 Å². The molecule has 2 N–H and O–H groups in total. The molecule has 2 aromatic rings. The highest BCUT2D eigenvalue weighted by atomic mass is 79.9. The largest absolute Gasteiger partial charge is 0.497 e. The minimum Gasteiger partial charge on any atom is -0.497 e. The molecule has 0 aliphatic carbocycles. The summed E-state index contributed by atoms with van der Waals surface area (Å²) in [5, 5.41) is 16.3. The van der Waals surface area contributed by atoms with Gasteiger partial charge in [-0.15, -0.1) is 0 Å². The minimum absolute atomic E-state index is 0.0932. The van der Waals surface area contributed by atoms with Gasteiger partial charge in [-0.1, -0.05) is 0 Å². The third kappa shape index (κ3) is 3.71. The van der Waals surface area contributed by atoms with Gasteiger partial charge in [0.1, 0.15) is 5.75 Å². The highest BCUT2D eigenvalue weighted by Gasteiger charge is 2.03. The number of hydrogen-bond acceptors (Lipinski definition) is 4. The van der Waals surface area contributed by atoms with E-state index in [1.807, 2.05) is 24.4 Å². The molecule has 0 bridgehead atoms. The van der Waals surface area contributed by atoms with E-state index in [9.17, 15) is 0 Å². The minimum atomic E-state index is 0.0932. The maximum atomic E-state index is 8.83. The van der Waals surface area contributed by atoms with Crippen LogP contribution in [0.1, 0.15) is 5.56 Å². The number of rotatable bonds is 6. The Bertz CT molecular complexity index is 542. The van der Waals surface area contributed by atoms with Crippen LogP contribution in [0.25, 0.3) is 0 Å². The molecule has 1 heterocycles. The summed E-state index contributed by atoms with van der Waals surface area (Å²) in [5.41, 5.74) is 2.03. The van der Waals surface area contributed by atoms with E-state index in [-0.39, 0.29) is 6.61 Å². The van der Waals surface area contributed by atoms with Gasteiger partial charge in [-0.2, -0.15) is 5.10 Å². The molecule has 5 nitrogen and oxygen atoms in total. The van der Waals surface area contributed by atoms with Crippen molar-refractivity contribution in [1.29, 1.82) is 0 Å². The van der Waals surface area contributed by atoms with E-state index in [0.717, 1.165) is 21.5 Å². The van der Waals surface area contributed by atoms with Gasteiger partial charge in [0.2, 0.25) is 0 Å². The first-order valence-electron chi connectivity index (χ1n) is 5.92. The first-order chi connectivity index (χ1) is 9.22. The number of anilines is 1. The van der Waals surface area contributed by atoms with Crippen LogP contribution in [0.2, 0.25) is 0 Å². The molecular weight excluding hydrogens is 310 g/mol. The molecule has 2 rings (SSSR count). The van der Waals surface area contributed by atoms with Crippen molar-refractivity contribution < 1.29 is 9.84 Å². The van der Waals surface area contributed by atoms with Crippen LogP contribution >= 0.6 is 15.9 Å². The maximum absolute atomic E-state index is 8.83. The number of methoxy groups -OCH3 is 1. The molecule has 0 saturated heterocycles. The van der Waals surface area contributed by atoms with Crippen LogP contribution < -0.4 is 10.1 Å². The molecule has 0 radical (unpaired) electrons. The van der Waals surface area contributed by atoms with E-state index >= 15 is 0 Å². The monoisotopic (exact) mass is 325 g/mol. The van der Waals surface area contributed by atoms with Crippen LogP contribution in [0, 0.1) is 0 Å². The van der Waals surface area contributed by atoms with Crippen molar-refractivity contribution in [2.45, 2.75) is 13.1 Å². The van der Waals surface area contributed by atoms with Gasteiger partial charge in [0, 0.05) is 28.8 Å². The molecule has 6 heteroatoms. The van der Waals surface area contributed by atoms with E-state index < -0.39 is 0 Å². The zero-order valence-corrected chi connectivity index (χ0v) is 12.2. The van der Waals surface area contributed by atoms with Crippen molar-refractivity contribution in [3.8, 4) is 5.75 Å². The first kappa shape index (κ1) is 13.9. The van der Waals surface area contributed by atoms with Crippen LogP contribution in [-0.2, 0) is 13.1 Å². The Hall–Kier alpha value is -1.53. The predicted molar refractivity (Wildman–Crippen MR) is 77.3 cm³/mol. The van der Waals surface area contributed by atoms with Crippen molar-refractivity contribution in [3.63, 3.8) is 0 Å². The van der Waals surface area contributed by atoms with Gasteiger partial charge in [-0.05, 0) is 28.1 Å². The second-order valence-corrected chi connectivity index (χ2v) is 4.89. The Morgan fingerprint density at radius 1 is 1.47 bits per heavy atom. The van der Waals surface area contributed by atoms with Gasteiger partial charge in [0.15, 0.2) is 0 Å². The number of aliphatic hydroxyl groups excluding tert-OH is 1. The van der Waals surface area contributed by atoms with Gasteiger partial charge < -0.3 is 15.2 Å². The first-order valence-corrected chi connectivity index (χ1v) is 6.72. The highest BCUT2D eigenvalue weighted by Crippen LogP contribution is 2.27. The number of benzene rings is 1. The summed E-state index contributed by atoms with van der Waals surface area (Å²) in [7, 11) is 1.64. The van der Waals surface area contributed by atoms with Crippen molar-refractivity contribution in [3.05, 3.63) is 40.6 Å². The molecule has 19 heavy (non-hydrogen) atoms. The molecule has 0 aliphatic heterocycles. The second kappa shape index (κ2) is 6.58. The molecule has 0 amide bonds. The summed E-state index contributed by atoms with van der Waals surface area (Å²) in [6.45, 7) is 1.27. The summed E-state index contributed by atoms with van der Waals surface area (Å²) < 4.78 is 7.90. The Morgan fingerprint density at radius 2 is 2.32 bits per heavy atom. The number of halogens is 1. The van der Waals surface area contributed by atoms with E-state index in [4.69, 9.17) is 9.84 Å². The zero-order valence-electron chi connectivity index (χ0n) is 10.6. The average molecular weight is 326 g/mol. The third-order valence-electron chi connectivity index (χ3n) is 2.67. The van der Waals surface area contributed by atoms with Crippen LogP contribution in [0.15, 0.2) is 35.1 Å². The van der Waals surface area contributed by atoms with Crippen LogP contribution in [0.4, 0.5) is 5.69 Å². The van der Waals surface area contributed by atoms with E-state index in [1.165, 1.54) is 0 Å². The SMILES string of the molecule is COc1ccc(Br)c(NCc2cnn(CCO)c2)c1. The van der Waals surface area contributed by atoms with Gasteiger partial charge >= 0.3 is 0 Å². The zero-order chi connectivity index (χ0) is 13.7. The maximum Gasteiger partial charge on any atom is 0.121 e. The molecule has 0 fully saturated rings.